The Kier molecular flexibility index (Phi) is 7.57. The van der Waals surface area contributed by atoms with Crippen molar-refractivity contribution < 1.29 is 31.8 Å². The second kappa shape index (κ2) is 10.2. The van der Waals surface area contributed by atoms with E-state index in [9.17, 15) is 17.6 Å². The van der Waals surface area contributed by atoms with Gasteiger partial charge in [-0.05, 0) is 48.7 Å². The first kappa shape index (κ1) is 23.8. The number of rotatable bonds is 8. The number of methoxy groups -OCH3 is 3. The van der Waals surface area contributed by atoms with Crippen LogP contribution < -0.4 is 19.5 Å². The molecule has 0 aromatic heterocycles. The lowest BCUT2D eigenvalue weighted by atomic mass is 10.1. The van der Waals surface area contributed by atoms with E-state index in [1.54, 1.807) is 12.1 Å². The number of ether oxygens (including phenoxy) is 3. The number of halogens is 1. The lowest BCUT2D eigenvalue weighted by Crippen LogP contribution is -2.36. The van der Waals surface area contributed by atoms with Crippen LogP contribution in [-0.2, 0) is 16.6 Å². The summed E-state index contributed by atoms with van der Waals surface area (Å²) in [5, 5.41) is 2.71. The number of carbonyl (C=O) groups is 1. The average molecular weight is 467 g/mol. The molecule has 0 radical (unpaired) electrons. The quantitative estimate of drug-likeness (QED) is 0.643. The minimum Gasteiger partial charge on any atom is -0.493 e. The van der Waals surface area contributed by atoms with Crippen molar-refractivity contribution in [1.82, 2.24) is 9.62 Å². The molecular formula is C22H27FN2O6S. The molecule has 174 valence electrons. The summed E-state index contributed by atoms with van der Waals surface area (Å²) in [5.74, 6) is -0.109. The maximum atomic E-state index is 14.4. The second-order valence-electron chi connectivity index (χ2n) is 7.33. The van der Waals surface area contributed by atoms with Crippen molar-refractivity contribution in [3.63, 3.8) is 0 Å². The zero-order valence-electron chi connectivity index (χ0n) is 18.3. The Labute approximate surface area is 187 Å². The lowest BCUT2D eigenvalue weighted by molar-refractivity contribution is 0.0950. The highest BCUT2D eigenvalue weighted by atomic mass is 32.2. The van der Waals surface area contributed by atoms with Gasteiger partial charge in [0.2, 0.25) is 15.8 Å². The summed E-state index contributed by atoms with van der Waals surface area (Å²) < 4.78 is 57.3. The first-order valence-corrected chi connectivity index (χ1v) is 11.6. The van der Waals surface area contributed by atoms with Crippen LogP contribution in [0.2, 0.25) is 0 Å². The topological polar surface area (TPSA) is 94.2 Å². The highest BCUT2D eigenvalue weighted by Gasteiger charge is 2.29. The summed E-state index contributed by atoms with van der Waals surface area (Å²) in [6.45, 7) is 0.805. The molecule has 1 aliphatic heterocycles. The zero-order chi connectivity index (χ0) is 23.3. The van der Waals surface area contributed by atoms with Gasteiger partial charge in [-0.15, -0.1) is 0 Å². The molecule has 0 aliphatic carbocycles. The van der Waals surface area contributed by atoms with Gasteiger partial charge in [-0.1, -0.05) is 6.42 Å². The van der Waals surface area contributed by atoms with Crippen LogP contribution in [0.15, 0.2) is 35.2 Å². The highest BCUT2D eigenvalue weighted by Crippen LogP contribution is 2.38. The van der Waals surface area contributed by atoms with Gasteiger partial charge in [-0.25, -0.2) is 12.8 Å². The van der Waals surface area contributed by atoms with Crippen LogP contribution in [0.25, 0.3) is 0 Å². The molecule has 1 N–H and O–H groups in total. The Balaban J connectivity index is 1.80. The van der Waals surface area contributed by atoms with E-state index >= 15 is 0 Å². The average Bonchev–Trinajstić information content (AvgIpc) is 2.82. The van der Waals surface area contributed by atoms with Crippen molar-refractivity contribution in [1.29, 1.82) is 0 Å². The number of piperidine rings is 1. The third-order valence-corrected chi connectivity index (χ3v) is 7.22. The number of amides is 1. The summed E-state index contributed by atoms with van der Waals surface area (Å²) >= 11 is 0. The van der Waals surface area contributed by atoms with Crippen LogP contribution in [0.5, 0.6) is 17.2 Å². The van der Waals surface area contributed by atoms with Gasteiger partial charge in [0.05, 0.1) is 21.3 Å². The maximum absolute atomic E-state index is 14.4. The summed E-state index contributed by atoms with van der Waals surface area (Å²) in [6.07, 6.45) is 2.41. The van der Waals surface area contributed by atoms with E-state index in [0.29, 0.717) is 35.9 Å². The molecular weight excluding hydrogens is 439 g/mol. The molecule has 1 fully saturated rings. The molecule has 2 aromatic carbocycles. The Hall–Kier alpha value is -2.85. The number of benzene rings is 2. The van der Waals surface area contributed by atoms with Crippen LogP contribution >= 0.6 is 0 Å². The fourth-order valence-corrected chi connectivity index (χ4v) is 5.22. The predicted molar refractivity (Wildman–Crippen MR) is 116 cm³/mol. The molecule has 1 aliphatic rings. The third kappa shape index (κ3) is 4.97. The minimum atomic E-state index is -4.01. The van der Waals surface area contributed by atoms with Crippen molar-refractivity contribution in [3.8, 4) is 17.2 Å². The molecule has 0 atom stereocenters. The fourth-order valence-electron chi connectivity index (χ4n) is 3.61. The third-order valence-electron chi connectivity index (χ3n) is 5.30. The van der Waals surface area contributed by atoms with Crippen molar-refractivity contribution >= 4 is 15.9 Å². The van der Waals surface area contributed by atoms with E-state index < -0.39 is 26.6 Å². The van der Waals surface area contributed by atoms with Gasteiger partial charge in [0.1, 0.15) is 10.7 Å². The van der Waals surface area contributed by atoms with Gasteiger partial charge in [0.25, 0.3) is 5.91 Å². The number of carbonyl (C=O) groups excluding carboxylic acids is 1. The van der Waals surface area contributed by atoms with E-state index in [1.807, 2.05) is 0 Å². The van der Waals surface area contributed by atoms with Crippen molar-refractivity contribution in [3.05, 3.63) is 47.3 Å². The number of hydrogen-bond acceptors (Lipinski definition) is 6. The van der Waals surface area contributed by atoms with Crippen LogP contribution in [0, 0.1) is 5.82 Å². The first-order chi connectivity index (χ1) is 15.3. The number of hydrogen-bond donors (Lipinski definition) is 1. The van der Waals surface area contributed by atoms with Gasteiger partial charge in [-0.2, -0.15) is 4.31 Å². The molecule has 1 amide bonds. The summed E-state index contributed by atoms with van der Waals surface area (Å²) in [7, 11) is 0.459. The number of sulfonamides is 1. The molecule has 0 saturated carbocycles. The standard InChI is InChI=1S/C22H27FN2O6S/c1-29-18-11-15(12-19(30-2)21(18)31-3)14-24-22(26)16-7-8-17(23)20(13-16)32(27,28)25-9-5-4-6-10-25/h7-8,11-13H,4-6,9-10,14H2,1-3H3,(H,24,26). The lowest BCUT2D eigenvalue weighted by Gasteiger charge is -2.26. The smallest absolute Gasteiger partial charge is 0.251 e. The molecule has 1 heterocycles. The molecule has 1 saturated heterocycles. The van der Waals surface area contributed by atoms with E-state index in [0.717, 1.165) is 31.4 Å². The van der Waals surface area contributed by atoms with E-state index in [4.69, 9.17) is 14.2 Å². The molecule has 3 rings (SSSR count). The zero-order valence-corrected chi connectivity index (χ0v) is 19.1. The Morgan fingerprint density at radius 3 is 2.19 bits per heavy atom. The van der Waals surface area contributed by atoms with E-state index in [-0.39, 0.29) is 12.1 Å². The van der Waals surface area contributed by atoms with Crippen LogP contribution in [0.1, 0.15) is 35.2 Å². The molecule has 0 spiro atoms. The minimum absolute atomic E-state index is 0.0504. The van der Waals surface area contributed by atoms with Gasteiger partial charge in [-0.3, -0.25) is 4.79 Å². The van der Waals surface area contributed by atoms with Gasteiger partial charge >= 0.3 is 0 Å². The molecule has 2 aromatic rings. The normalized spacial score (nSPS) is 14.6. The summed E-state index contributed by atoms with van der Waals surface area (Å²) in [6, 6.07) is 6.74. The van der Waals surface area contributed by atoms with Crippen LogP contribution in [0.3, 0.4) is 0 Å². The number of nitrogens with zero attached hydrogens (tertiary/aromatic N) is 1. The Morgan fingerprint density at radius 2 is 1.62 bits per heavy atom. The van der Waals surface area contributed by atoms with E-state index in [1.165, 1.54) is 31.7 Å². The predicted octanol–water partition coefficient (Wildman–Crippen LogP) is 2.96. The van der Waals surface area contributed by atoms with Gasteiger partial charge in [0, 0.05) is 25.2 Å². The summed E-state index contributed by atoms with van der Waals surface area (Å²) in [5.41, 5.74) is 0.727. The highest BCUT2D eigenvalue weighted by molar-refractivity contribution is 7.89. The first-order valence-electron chi connectivity index (χ1n) is 10.2. The van der Waals surface area contributed by atoms with Crippen LogP contribution in [-0.4, -0.2) is 53.0 Å². The SMILES string of the molecule is COc1cc(CNC(=O)c2ccc(F)c(S(=O)(=O)N3CCCCC3)c2)cc(OC)c1OC. The van der Waals surface area contributed by atoms with Crippen LogP contribution in [0.4, 0.5) is 4.39 Å². The fraction of sp³-hybridized carbons (Fsp3) is 0.409. The molecule has 0 unspecified atom stereocenters. The van der Waals surface area contributed by atoms with Gasteiger partial charge < -0.3 is 19.5 Å². The van der Waals surface area contributed by atoms with E-state index in [2.05, 4.69) is 5.32 Å². The van der Waals surface area contributed by atoms with Crippen molar-refractivity contribution in [2.45, 2.75) is 30.7 Å². The molecule has 32 heavy (non-hydrogen) atoms. The van der Waals surface area contributed by atoms with Crippen molar-refractivity contribution in [2.75, 3.05) is 34.4 Å². The largest absolute Gasteiger partial charge is 0.493 e. The Morgan fingerprint density at radius 1 is 1.00 bits per heavy atom. The number of nitrogens with one attached hydrogen (secondary N) is 1. The monoisotopic (exact) mass is 466 g/mol. The molecule has 0 bridgehead atoms. The molecule has 10 heteroatoms. The maximum Gasteiger partial charge on any atom is 0.251 e. The summed E-state index contributed by atoms with van der Waals surface area (Å²) in [4.78, 5) is 12.2. The molecule has 8 nitrogen and oxygen atoms in total. The van der Waals surface area contributed by atoms with Crippen molar-refractivity contribution in [2.24, 2.45) is 0 Å². The second-order valence-corrected chi connectivity index (χ2v) is 9.23. The Bertz CT molecular complexity index is 1060. The van der Waals surface area contributed by atoms with Gasteiger partial charge in [0.15, 0.2) is 11.5 Å².